The summed E-state index contributed by atoms with van der Waals surface area (Å²) in [6, 6.07) is 4.97. The number of piperidine rings is 1. The molecule has 1 aliphatic carbocycles. The molecule has 0 N–H and O–H groups in total. The molecule has 5 heteroatoms. The lowest BCUT2D eigenvalue weighted by Crippen LogP contribution is -2.51. The summed E-state index contributed by atoms with van der Waals surface area (Å²) in [5.74, 6) is 0.319. The maximum absolute atomic E-state index is 13.7. The lowest BCUT2D eigenvalue weighted by molar-refractivity contribution is -0.139. The number of ether oxygens (including phenoxy) is 1. The van der Waals surface area contributed by atoms with Crippen LogP contribution in [0.4, 0.5) is 4.39 Å². The van der Waals surface area contributed by atoms with Crippen molar-refractivity contribution in [3.8, 4) is 5.75 Å². The molecule has 0 spiro atoms. The Morgan fingerprint density at radius 1 is 1.27 bits per heavy atom. The SMILES string of the molecule is O=C(COc1ccc(Br)cc1F)N1CCCC2CCCCC21. The van der Waals surface area contributed by atoms with E-state index in [1.165, 1.54) is 31.7 Å². The molecule has 3 nitrogen and oxygen atoms in total. The van der Waals surface area contributed by atoms with Crippen LogP contribution in [0.15, 0.2) is 22.7 Å². The number of nitrogens with zero attached hydrogens (tertiary/aromatic N) is 1. The number of hydrogen-bond donors (Lipinski definition) is 0. The van der Waals surface area contributed by atoms with Crippen LogP contribution in [0, 0.1) is 11.7 Å². The quantitative estimate of drug-likeness (QED) is 0.800. The van der Waals surface area contributed by atoms with Gasteiger partial charge in [-0.15, -0.1) is 0 Å². The molecule has 1 aromatic carbocycles. The Labute approximate surface area is 139 Å². The van der Waals surface area contributed by atoms with Crippen molar-refractivity contribution in [3.63, 3.8) is 0 Å². The second-order valence-electron chi connectivity index (χ2n) is 6.20. The molecule has 2 aliphatic rings. The van der Waals surface area contributed by atoms with E-state index in [-0.39, 0.29) is 18.3 Å². The first-order valence-corrected chi connectivity index (χ1v) is 8.82. The summed E-state index contributed by atoms with van der Waals surface area (Å²) in [6.07, 6.45) is 7.12. The summed E-state index contributed by atoms with van der Waals surface area (Å²) >= 11 is 3.21. The van der Waals surface area contributed by atoms with E-state index in [1.54, 1.807) is 12.1 Å². The third-order valence-electron chi connectivity index (χ3n) is 4.81. The number of benzene rings is 1. The van der Waals surface area contributed by atoms with Crippen molar-refractivity contribution in [1.82, 2.24) is 4.90 Å². The first-order chi connectivity index (χ1) is 10.6. The standard InChI is InChI=1S/C17H21BrFNO2/c18-13-7-8-16(14(19)10-13)22-11-17(21)20-9-3-5-12-4-1-2-6-15(12)20/h7-8,10,12,15H,1-6,9,11H2. The highest BCUT2D eigenvalue weighted by atomic mass is 79.9. The maximum atomic E-state index is 13.7. The van der Waals surface area contributed by atoms with Crippen LogP contribution in [0.2, 0.25) is 0 Å². The molecule has 0 aromatic heterocycles. The Morgan fingerprint density at radius 3 is 2.86 bits per heavy atom. The minimum Gasteiger partial charge on any atom is -0.481 e. The van der Waals surface area contributed by atoms with E-state index < -0.39 is 5.82 Å². The van der Waals surface area contributed by atoms with Gasteiger partial charge in [0, 0.05) is 17.1 Å². The van der Waals surface area contributed by atoms with Crippen LogP contribution in [0.25, 0.3) is 0 Å². The topological polar surface area (TPSA) is 29.5 Å². The molecule has 22 heavy (non-hydrogen) atoms. The number of carbonyl (C=O) groups is 1. The van der Waals surface area contributed by atoms with Crippen molar-refractivity contribution < 1.29 is 13.9 Å². The summed E-state index contributed by atoms with van der Waals surface area (Å²) in [4.78, 5) is 14.5. The zero-order valence-electron chi connectivity index (χ0n) is 12.6. The summed E-state index contributed by atoms with van der Waals surface area (Å²) in [5.41, 5.74) is 0. The largest absolute Gasteiger partial charge is 0.481 e. The molecule has 3 rings (SSSR count). The summed E-state index contributed by atoms with van der Waals surface area (Å²) in [5, 5.41) is 0. The summed E-state index contributed by atoms with van der Waals surface area (Å²) in [7, 11) is 0. The smallest absolute Gasteiger partial charge is 0.260 e. The van der Waals surface area contributed by atoms with Gasteiger partial charge in [-0.2, -0.15) is 0 Å². The molecule has 1 aliphatic heterocycles. The van der Waals surface area contributed by atoms with Crippen molar-refractivity contribution in [1.29, 1.82) is 0 Å². The highest BCUT2D eigenvalue weighted by molar-refractivity contribution is 9.10. The van der Waals surface area contributed by atoms with E-state index >= 15 is 0 Å². The van der Waals surface area contributed by atoms with Crippen molar-refractivity contribution >= 4 is 21.8 Å². The molecule has 0 radical (unpaired) electrons. The molecule has 1 amide bonds. The van der Waals surface area contributed by atoms with E-state index in [0.29, 0.717) is 16.4 Å². The van der Waals surface area contributed by atoms with E-state index in [4.69, 9.17) is 4.74 Å². The number of amides is 1. The molecule has 1 heterocycles. The fraction of sp³-hybridized carbons (Fsp3) is 0.588. The Morgan fingerprint density at radius 2 is 2.05 bits per heavy atom. The molecule has 1 saturated heterocycles. The molecule has 120 valence electrons. The van der Waals surface area contributed by atoms with E-state index in [0.717, 1.165) is 19.4 Å². The van der Waals surface area contributed by atoms with Gasteiger partial charge in [0.25, 0.3) is 5.91 Å². The second-order valence-corrected chi connectivity index (χ2v) is 7.12. The van der Waals surface area contributed by atoms with Crippen LogP contribution in [-0.4, -0.2) is 30.0 Å². The average molecular weight is 370 g/mol. The third-order valence-corrected chi connectivity index (χ3v) is 5.30. The number of carbonyl (C=O) groups excluding carboxylic acids is 1. The predicted octanol–water partition coefficient (Wildman–Crippen LogP) is 4.15. The molecule has 0 bridgehead atoms. The molecular formula is C17H21BrFNO2. The summed E-state index contributed by atoms with van der Waals surface area (Å²) in [6.45, 7) is 0.730. The fourth-order valence-electron chi connectivity index (χ4n) is 3.75. The minimum absolute atomic E-state index is 0.0149. The van der Waals surface area contributed by atoms with E-state index in [1.807, 2.05) is 4.90 Å². The monoisotopic (exact) mass is 369 g/mol. The first kappa shape index (κ1) is 15.8. The van der Waals surface area contributed by atoms with Crippen molar-refractivity contribution in [2.75, 3.05) is 13.2 Å². The lowest BCUT2D eigenvalue weighted by Gasteiger charge is -2.44. The van der Waals surface area contributed by atoms with Crippen molar-refractivity contribution in [3.05, 3.63) is 28.5 Å². The Hall–Kier alpha value is -1.10. The predicted molar refractivity (Wildman–Crippen MR) is 86.3 cm³/mol. The minimum atomic E-state index is -0.448. The van der Waals surface area contributed by atoms with Gasteiger partial charge in [0.1, 0.15) is 0 Å². The fourth-order valence-corrected chi connectivity index (χ4v) is 4.08. The van der Waals surface area contributed by atoms with Gasteiger partial charge >= 0.3 is 0 Å². The molecule has 1 aromatic rings. The molecule has 1 saturated carbocycles. The first-order valence-electron chi connectivity index (χ1n) is 8.02. The number of likely N-dealkylation sites (tertiary alicyclic amines) is 1. The van der Waals surface area contributed by atoms with E-state index in [9.17, 15) is 9.18 Å². The van der Waals surface area contributed by atoms with Gasteiger partial charge in [-0.25, -0.2) is 4.39 Å². The van der Waals surface area contributed by atoms with Crippen LogP contribution in [-0.2, 0) is 4.79 Å². The van der Waals surface area contributed by atoms with Gasteiger partial charge in [-0.3, -0.25) is 4.79 Å². The zero-order valence-corrected chi connectivity index (χ0v) is 14.1. The Balaban J connectivity index is 1.61. The lowest BCUT2D eigenvalue weighted by atomic mass is 9.78. The van der Waals surface area contributed by atoms with Crippen LogP contribution < -0.4 is 4.74 Å². The van der Waals surface area contributed by atoms with Crippen LogP contribution >= 0.6 is 15.9 Å². The Bertz CT molecular complexity index is 549. The highest BCUT2D eigenvalue weighted by Crippen LogP contribution is 2.35. The van der Waals surface area contributed by atoms with Gasteiger partial charge < -0.3 is 9.64 Å². The zero-order chi connectivity index (χ0) is 15.5. The van der Waals surface area contributed by atoms with Crippen molar-refractivity contribution in [2.24, 2.45) is 5.92 Å². The Kier molecular flexibility index (Phi) is 5.01. The molecule has 2 atom stereocenters. The third kappa shape index (κ3) is 3.45. The van der Waals surface area contributed by atoms with Gasteiger partial charge in [-0.05, 0) is 49.8 Å². The number of hydrogen-bond acceptors (Lipinski definition) is 2. The van der Waals surface area contributed by atoms with Crippen LogP contribution in [0.5, 0.6) is 5.75 Å². The highest BCUT2D eigenvalue weighted by Gasteiger charge is 2.35. The number of rotatable bonds is 3. The van der Waals surface area contributed by atoms with Crippen LogP contribution in [0.3, 0.4) is 0 Å². The van der Waals surface area contributed by atoms with Crippen molar-refractivity contribution in [2.45, 2.75) is 44.6 Å². The summed E-state index contributed by atoms with van der Waals surface area (Å²) < 4.78 is 19.8. The van der Waals surface area contributed by atoms with Gasteiger partial charge in [0.2, 0.25) is 0 Å². The molecule has 2 unspecified atom stereocenters. The average Bonchev–Trinajstić information content (AvgIpc) is 2.53. The van der Waals surface area contributed by atoms with Crippen LogP contribution in [0.1, 0.15) is 38.5 Å². The number of fused-ring (bicyclic) bond motifs is 1. The normalized spacial score (nSPS) is 24.7. The second kappa shape index (κ2) is 6.99. The van der Waals surface area contributed by atoms with E-state index in [2.05, 4.69) is 15.9 Å². The van der Waals surface area contributed by atoms with Gasteiger partial charge in [0.05, 0.1) is 0 Å². The van der Waals surface area contributed by atoms with Gasteiger partial charge in [-0.1, -0.05) is 28.8 Å². The number of halogens is 2. The molecule has 2 fully saturated rings. The van der Waals surface area contributed by atoms with Gasteiger partial charge in [0.15, 0.2) is 18.2 Å². The molecular weight excluding hydrogens is 349 g/mol. The maximum Gasteiger partial charge on any atom is 0.260 e.